The first-order valence-corrected chi connectivity index (χ1v) is 7.18. The number of halogens is 1. The van der Waals surface area contributed by atoms with Crippen molar-refractivity contribution in [3.63, 3.8) is 0 Å². The van der Waals surface area contributed by atoms with Crippen molar-refractivity contribution in [2.45, 2.75) is 6.42 Å². The van der Waals surface area contributed by atoms with E-state index in [2.05, 4.69) is 0 Å². The van der Waals surface area contributed by atoms with E-state index >= 15 is 0 Å². The molecule has 5 heteroatoms. The highest BCUT2D eigenvalue weighted by Crippen LogP contribution is 2.17. The number of nitrogens with zero attached hydrogens (tertiary/aromatic N) is 2. The van der Waals surface area contributed by atoms with Crippen LogP contribution in [-0.2, 0) is 16.0 Å². The van der Waals surface area contributed by atoms with Gasteiger partial charge in [-0.15, -0.1) is 0 Å². The second-order valence-electron chi connectivity index (χ2n) is 5.00. The average Bonchev–Trinajstić information content (AvgIpc) is 2.56. The summed E-state index contributed by atoms with van der Waals surface area (Å²) in [5.41, 5.74) is 1.83. The van der Waals surface area contributed by atoms with E-state index in [0.29, 0.717) is 30.0 Å². The minimum Gasteiger partial charge on any atom is -0.383 e. The lowest BCUT2D eigenvalue weighted by Gasteiger charge is -2.22. The van der Waals surface area contributed by atoms with Crippen molar-refractivity contribution in [2.75, 3.05) is 25.2 Å². The fourth-order valence-corrected chi connectivity index (χ4v) is 2.21. The second-order valence-corrected chi connectivity index (χ2v) is 5.00. The van der Waals surface area contributed by atoms with Crippen molar-refractivity contribution in [3.05, 3.63) is 65.5 Å². The van der Waals surface area contributed by atoms with Crippen LogP contribution in [0, 0.1) is 17.1 Å². The molecule has 0 unspecified atom stereocenters. The lowest BCUT2D eigenvalue weighted by molar-refractivity contribution is -0.118. The van der Waals surface area contributed by atoms with Gasteiger partial charge in [-0.3, -0.25) is 4.79 Å². The third-order valence-corrected chi connectivity index (χ3v) is 3.37. The Kier molecular flexibility index (Phi) is 5.84. The van der Waals surface area contributed by atoms with Crippen LogP contribution < -0.4 is 4.90 Å². The number of nitriles is 1. The van der Waals surface area contributed by atoms with E-state index in [-0.39, 0.29) is 18.1 Å². The van der Waals surface area contributed by atoms with Crippen LogP contribution in [0.25, 0.3) is 0 Å². The maximum absolute atomic E-state index is 13.3. The van der Waals surface area contributed by atoms with Gasteiger partial charge in [-0.05, 0) is 42.0 Å². The summed E-state index contributed by atoms with van der Waals surface area (Å²) in [7, 11) is 1.56. The second kappa shape index (κ2) is 8.06. The zero-order valence-corrected chi connectivity index (χ0v) is 12.8. The normalized spacial score (nSPS) is 10.1. The Balaban J connectivity index is 2.19. The first-order valence-electron chi connectivity index (χ1n) is 7.18. The van der Waals surface area contributed by atoms with Crippen molar-refractivity contribution < 1.29 is 13.9 Å². The topological polar surface area (TPSA) is 53.3 Å². The monoisotopic (exact) mass is 312 g/mol. The molecule has 0 bridgehead atoms. The van der Waals surface area contributed by atoms with Gasteiger partial charge >= 0.3 is 0 Å². The van der Waals surface area contributed by atoms with Crippen molar-refractivity contribution in [3.8, 4) is 6.07 Å². The number of carbonyl (C=O) groups excluding carboxylic acids is 1. The minimum atomic E-state index is -0.364. The van der Waals surface area contributed by atoms with Crippen LogP contribution in [0.1, 0.15) is 11.1 Å². The molecule has 2 aromatic carbocycles. The Morgan fingerprint density at radius 1 is 1.26 bits per heavy atom. The Hall–Kier alpha value is -2.71. The van der Waals surface area contributed by atoms with Crippen LogP contribution in [0.3, 0.4) is 0 Å². The van der Waals surface area contributed by atoms with Gasteiger partial charge in [0.15, 0.2) is 0 Å². The number of hydrogen-bond acceptors (Lipinski definition) is 3. The minimum absolute atomic E-state index is 0.0987. The van der Waals surface area contributed by atoms with Crippen molar-refractivity contribution in [2.24, 2.45) is 0 Å². The molecule has 0 saturated heterocycles. The number of hydrogen-bond donors (Lipinski definition) is 0. The highest BCUT2D eigenvalue weighted by atomic mass is 19.1. The summed E-state index contributed by atoms with van der Waals surface area (Å²) in [6.07, 6.45) is 0.0987. The molecule has 2 aromatic rings. The highest BCUT2D eigenvalue weighted by molar-refractivity contribution is 5.94. The van der Waals surface area contributed by atoms with Gasteiger partial charge in [0.05, 0.1) is 24.7 Å². The predicted molar refractivity (Wildman–Crippen MR) is 85.5 cm³/mol. The molecule has 0 saturated carbocycles. The van der Waals surface area contributed by atoms with Crippen LogP contribution in [0.4, 0.5) is 10.1 Å². The molecule has 4 nitrogen and oxygen atoms in total. The lowest BCUT2D eigenvalue weighted by atomic mass is 10.1. The van der Waals surface area contributed by atoms with Gasteiger partial charge in [-0.1, -0.05) is 12.1 Å². The van der Waals surface area contributed by atoms with Gasteiger partial charge < -0.3 is 9.64 Å². The largest absolute Gasteiger partial charge is 0.383 e. The maximum atomic E-state index is 13.3. The fourth-order valence-electron chi connectivity index (χ4n) is 2.21. The van der Waals surface area contributed by atoms with Crippen molar-refractivity contribution in [1.29, 1.82) is 5.26 Å². The predicted octanol–water partition coefficient (Wildman–Crippen LogP) is 2.92. The molecule has 0 fully saturated rings. The molecule has 0 aliphatic rings. The van der Waals surface area contributed by atoms with Crippen LogP contribution in [0.15, 0.2) is 48.5 Å². The zero-order chi connectivity index (χ0) is 16.7. The number of amides is 1. The van der Waals surface area contributed by atoms with E-state index in [0.717, 1.165) is 0 Å². The molecular weight excluding hydrogens is 295 g/mol. The number of rotatable bonds is 6. The van der Waals surface area contributed by atoms with Crippen LogP contribution >= 0.6 is 0 Å². The van der Waals surface area contributed by atoms with Gasteiger partial charge in [0.1, 0.15) is 5.82 Å². The maximum Gasteiger partial charge on any atom is 0.231 e. The number of carbonyl (C=O) groups is 1. The summed E-state index contributed by atoms with van der Waals surface area (Å²) in [5, 5.41) is 8.85. The first kappa shape index (κ1) is 16.7. The van der Waals surface area contributed by atoms with E-state index in [9.17, 15) is 9.18 Å². The Morgan fingerprint density at radius 2 is 2.00 bits per heavy atom. The molecule has 2 rings (SSSR count). The third-order valence-electron chi connectivity index (χ3n) is 3.37. The van der Waals surface area contributed by atoms with Crippen LogP contribution in [0.5, 0.6) is 0 Å². The highest BCUT2D eigenvalue weighted by Gasteiger charge is 2.16. The van der Waals surface area contributed by atoms with Crippen LogP contribution in [0.2, 0.25) is 0 Å². The Labute approximate surface area is 134 Å². The standard InChI is InChI=1S/C18H17FN2O2/c1-23-10-9-21(17-7-5-14(13-20)6-8-17)18(22)12-15-3-2-4-16(19)11-15/h2-8,11H,9-10,12H2,1H3. The summed E-state index contributed by atoms with van der Waals surface area (Å²) in [6.45, 7) is 0.769. The number of anilines is 1. The van der Waals surface area contributed by atoms with E-state index in [1.165, 1.54) is 12.1 Å². The quantitative estimate of drug-likeness (QED) is 0.824. The SMILES string of the molecule is COCCN(C(=O)Cc1cccc(F)c1)c1ccc(C#N)cc1. The number of benzene rings is 2. The smallest absolute Gasteiger partial charge is 0.231 e. The first-order chi connectivity index (χ1) is 11.1. The molecule has 0 radical (unpaired) electrons. The van der Waals surface area contributed by atoms with Crippen molar-refractivity contribution in [1.82, 2.24) is 0 Å². The summed E-state index contributed by atoms with van der Waals surface area (Å²) < 4.78 is 18.3. The Morgan fingerprint density at radius 3 is 2.61 bits per heavy atom. The summed E-state index contributed by atoms with van der Waals surface area (Å²) in [4.78, 5) is 14.1. The van der Waals surface area contributed by atoms with E-state index in [4.69, 9.17) is 10.00 Å². The van der Waals surface area contributed by atoms with Gasteiger partial charge in [0, 0.05) is 19.3 Å². The third kappa shape index (κ3) is 4.63. The number of ether oxygens (including phenoxy) is 1. The van der Waals surface area contributed by atoms with E-state index < -0.39 is 0 Å². The average molecular weight is 312 g/mol. The molecule has 118 valence electrons. The van der Waals surface area contributed by atoms with Crippen LogP contribution in [-0.4, -0.2) is 26.2 Å². The molecule has 0 aliphatic heterocycles. The zero-order valence-electron chi connectivity index (χ0n) is 12.8. The molecule has 0 aromatic heterocycles. The molecule has 1 amide bonds. The molecule has 0 aliphatic carbocycles. The van der Waals surface area contributed by atoms with Gasteiger partial charge in [0.25, 0.3) is 0 Å². The molecule has 23 heavy (non-hydrogen) atoms. The van der Waals surface area contributed by atoms with Gasteiger partial charge in [0.2, 0.25) is 5.91 Å². The summed E-state index contributed by atoms with van der Waals surface area (Å²) in [6, 6.07) is 14.8. The molecule has 0 N–H and O–H groups in total. The lowest BCUT2D eigenvalue weighted by Crippen LogP contribution is -2.35. The van der Waals surface area contributed by atoms with Crippen molar-refractivity contribution >= 4 is 11.6 Å². The number of methoxy groups -OCH3 is 1. The Bertz CT molecular complexity index is 708. The summed E-state index contributed by atoms with van der Waals surface area (Å²) >= 11 is 0. The summed E-state index contributed by atoms with van der Waals surface area (Å²) in [5.74, 6) is -0.519. The van der Waals surface area contributed by atoms with Gasteiger partial charge in [-0.25, -0.2) is 4.39 Å². The van der Waals surface area contributed by atoms with Gasteiger partial charge in [-0.2, -0.15) is 5.26 Å². The molecule has 0 heterocycles. The fraction of sp³-hybridized carbons (Fsp3) is 0.222. The molecule has 0 atom stereocenters. The van der Waals surface area contributed by atoms with E-state index in [1.807, 2.05) is 6.07 Å². The molecular formula is C18H17FN2O2. The van der Waals surface area contributed by atoms with E-state index in [1.54, 1.807) is 48.4 Å². The molecule has 0 spiro atoms.